The van der Waals surface area contributed by atoms with Crippen molar-refractivity contribution in [3.8, 4) is 11.5 Å². The molecule has 176 valence electrons. The van der Waals surface area contributed by atoms with Gasteiger partial charge in [0.15, 0.2) is 0 Å². The summed E-state index contributed by atoms with van der Waals surface area (Å²) in [6.45, 7) is 8.74. The molecule has 1 heterocycles. The van der Waals surface area contributed by atoms with Crippen molar-refractivity contribution in [3.63, 3.8) is 0 Å². The van der Waals surface area contributed by atoms with Gasteiger partial charge in [0, 0.05) is 18.7 Å². The van der Waals surface area contributed by atoms with Crippen LogP contribution < -0.4 is 4.74 Å². The van der Waals surface area contributed by atoms with Crippen molar-refractivity contribution in [2.24, 2.45) is 0 Å². The van der Waals surface area contributed by atoms with Crippen LogP contribution in [0.2, 0.25) is 5.02 Å². The Morgan fingerprint density at radius 2 is 1.85 bits per heavy atom. The number of ketones is 1. The first-order valence-electron chi connectivity index (χ1n) is 11.0. The van der Waals surface area contributed by atoms with E-state index in [4.69, 9.17) is 16.3 Å². The lowest BCUT2D eigenvalue weighted by Gasteiger charge is -2.28. The Morgan fingerprint density at radius 1 is 1.12 bits per heavy atom. The fourth-order valence-corrected chi connectivity index (χ4v) is 4.19. The van der Waals surface area contributed by atoms with Gasteiger partial charge in [0.05, 0.1) is 23.2 Å². The van der Waals surface area contributed by atoms with Crippen molar-refractivity contribution in [2.75, 3.05) is 32.8 Å². The molecule has 7 nitrogen and oxygen atoms in total. The summed E-state index contributed by atoms with van der Waals surface area (Å²) in [5.41, 5.74) is 0.818. The second-order valence-electron chi connectivity index (χ2n) is 7.69. The number of nitrogens with zero attached hydrogens (tertiary/aromatic N) is 2. The molecule has 33 heavy (non-hydrogen) atoms. The second kappa shape index (κ2) is 10.7. The largest absolute Gasteiger partial charge is 0.508 e. The van der Waals surface area contributed by atoms with Crippen LogP contribution in [-0.2, 0) is 9.59 Å². The van der Waals surface area contributed by atoms with E-state index in [1.165, 1.54) is 17.0 Å². The normalized spacial score (nSPS) is 17.7. The van der Waals surface area contributed by atoms with Crippen molar-refractivity contribution >= 4 is 29.1 Å². The quantitative estimate of drug-likeness (QED) is 0.323. The summed E-state index contributed by atoms with van der Waals surface area (Å²) < 4.78 is 5.51. The number of benzene rings is 2. The number of rotatable bonds is 9. The molecule has 1 unspecified atom stereocenters. The van der Waals surface area contributed by atoms with Crippen LogP contribution in [0, 0.1) is 0 Å². The zero-order valence-electron chi connectivity index (χ0n) is 19.0. The lowest BCUT2D eigenvalue weighted by atomic mass is 9.95. The summed E-state index contributed by atoms with van der Waals surface area (Å²) in [7, 11) is 0. The van der Waals surface area contributed by atoms with Crippen LogP contribution in [0.15, 0.2) is 48.0 Å². The van der Waals surface area contributed by atoms with E-state index >= 15 is 0 Å². The molecule has 3 rings (SSSR count). The number of carbonyl (C=O) groups excluding carboxylic acids is 2. The van der Waals surface area contributed by atoms with Crippen LogP contribution >= 0.6 is 11.6 Å². The molecule has 1 amide bonds. The van der Waals surface area contributed by atoms with E-state index < -0.39 is 17.7 Å². The summed E-state index contributed by atoms with van der Waals surface area (Å²) >= 11 is 6.17. The highest BCUT2D eigenvalue weighted by molar-refractivity contribution is 6.46. The maximum absolute atomic E-state index is 13.1. The van der Waals surface area contributed by atoms with Gasteiger partial charge in [0.1, 0.15) is 17.3 Å². The average molecular weight is 473 g/mol. The minimum Gasteiger partial charge on any atom is -0.508 e. The van der Waals surface area contributed by atoms with E-state index in [9.17, 15) is 19.8 Å². The lowest BCUT2D eigenvalue weighted by molar-refractivity contribution is -0.140. The molecule has 1 aliphatic rings. The average Bonchev–Trinajstić information content (AvgIpc) is 3.06. The molecule has 0 saturated carbocycles. The van der Waals surface area contributed by atoms with Gasteiger partial charge in [0.2, 0.25) is 0 Å². The fourth-order valence-electron chi connectivity index (χ4n) is 4.01. The Morgan fingerprint density at radius 3 is 2.48 bits per heavy atom. The third-order valence-corrected chi connectivity index (χ3v) is 6.09. The highest BCUT2D eigenvalue weighted by Crippen LogP contribution is 2.41. The number of carbonyl (C=O) groups is 2. The van der Waals surface area contributed by atoms with Crippen LogP contribution in [-0.4, -0.2) is 64.5 Å². The smallest absolute Gasteiger partial charge is 0.295 e. The summed E-state index contributed by atoms with van der Waals surface area (Å²) in [6.07, 6.45) is 0. The molecule has 2 aromatic carbocycles. The zero-order valence-corrected chi connectivity index (χ0v) is 19.8. The number of aliphatic hydroxyl groups is 1. The minimum atomic E-state index is -0.834. The SMILES string of the molecule is CCOc1cc(/C(O)=C2/C(=O)C(=O)N(CCN(CC)CC)C2c2cccc(O)c2)ccc1Cl. The number of aliphatic hydroxyl groups excluding tert-OH is 1. The van der Waals surface area contributed by atoms with E-state index in [-0.39, 0.29) is 17.1 Å². The number of likely N-dealkylation sites (tertiary alicyclic amines) is 1. The maximum atomic E-state index is 13.1. The molecule has 1 fully saturated rings. The summed E-state index contributed by atoms with van der Waals surface area (Å²) in [4.78, 5) is 29.8. The number of hydrogen-bond donors (Lipinski definition) is 2. The number of phenolic OH excluding ortho intramolecular Hbond substituents is 1. The highest BCUT2D eigenvalue weighted by Gasteiger charge is 2.46. The van der Waals surface area contributed by atoms with Crippen molar-refractivity contribution < 1.29 is 24.5 Å². The van der Waals surface area contributed by atoms with Gasteiger partial charge < -0.3 is 24.7 Å². The van der Waals surface area contributed by atoms with Crippen molar-refractivity contribution in [2.45, 2.75) is 26.8 Å². The zero-order chi connectivity index (χ0) is 24.1. The molecule has 2 N–H and O–H groups in total. The molecule has 0 bridgehead atoms. The first kappa shape index (κ1) is 24.6. The Labute approximate surface area is 198 Å². The molecule has 1 saturated heterocycles. The van der Waals surface area contributed by atoms with Gasteiger partial charge in [-0.05, 0) is 55.9 Å². The number of hydrogen-bond acceptors (Lipinski definition) is 6. The van der Waals surface area contributed by atoms with Crippen LogP contribution in [0.25, 0.3) is 5.76 Å². The molecule has 1 atom stereocenters. The van der Waals surface area contributed by atoms with E-state index in [2.05, 4.69) is 4.90 Å². The predicted molar refractivity (Wildman–Crippen MR) is 128 cm³/mol. The lowest BCUT2D eigenvalue weighted by Crippen LogP contribution is -2.38. The molecule has 0 radical (unpaired) electrons. The van der Waals surface area contributed by atoms with Gasteiger partial charge >= 0.3 is 0 Å². The monoisotopic (exact) mass is 472 g/mol. The van der Waals surface area contributed by atoms with Crippen LogP contribution in [0.1, 0.15) is 37.9 Å². The van der Waals surface area contributed by atoms with Gasteiger partial charge in [-0.15, -0.1) is 0 Å². The standard InChI is InChI=1S/C25H29ClN2O5/c1-4-27(5-2)12-13-28-22(16-8-7-9-18(29)14-16)21(24(31)25(28)32)23(30)17-10-11-19(26)20(15-17)33-6-3/h7-11,14-15,22,29-30H,4-6,12-13H2,1-3H3/b23-21-. The second-order valence-corrected chi connectivity index (χ2v) is 8.10. The van der Waals surface area contributed by atoms with E-state index in [0.717, 1.165) is 13.1 Å². The third kappa shape index (κ3) is 5.15. The van der Waals surface area contributed by atoms with E-state index in [1.54, 1.807) is 30.3 Å². The van der Waals surface area contributed by atoms with Crippen molar-refractivity contribution in [1.82, 2.24) is 9.80 Å². The Balaban J connectivity index is 2.12. The molecule has 0 aromatic heterocycles. The maximum Gasteiger partial charge on any atom is 0.295 e. The molecule has 1 aliphatic heterocycles. The predicted octanol–water partition coefficient (Wildman–Crippen LogP) is 4.21. The number of phenols is 1. The van der Waals surface area contributed by atoms with Gasteiger partial charge in [-0.2, -0.15) is 0 Å². The summed E-state index contributed by atoms with van der Waals surface area (Å²) in [5.74, 6) is -1.39. The van der Waals surface area contributed by atoms with E-state index in [0.29, 0.717) is 41.6 Å². The minimum absolute atomic E-state index is 0.00644. The van der Waals surface area contributed by atoms with Crippen LogP contribution in [0.5, 0.6) is 11.5 Å². The third-order valence-electron chi connectivity index (χ3n) is 5.78. The summed E-state index contributed by atoms with van der Waals surface area (Å²) in [5, 5.41) is 21.6. The first-order valence-corrected chi connectivity index (χ1v) is 11.4. The summed E-state index contributed by atoms with van der Waals surface area (Å²) in [6, 6.07) is 10.2. The molecule has 0 spiro atoms. The Kier molecular flexibility index (Phi) is 8.00. The molecule has 2 aromatic rings. The van der Waals surface area contributed by atoms with Gasteiger partial charge in [-0.3, -0.25) is 9.59 Å². The van der Waals surface area contributed by atoms with Crippen molar-refractivity contribution in [3.05, 3.63) is 64.2 Å². The Bertz CT molecular complexity index is 1060. The van der Waals surface area contributed by atoms with Crippen LogP contribution in [0.3, 0.4) is 0 Å². The van der Waals surface area contributed by atoms with Gasteiger partial charge in [0.25, 0.3) is 11.7 Å². The van der Waals surface area contributed by atoms with Crippen molar-refractivity contribution in [1.29, 1.82) is 0 Å². The first-order chi connectivity index (χ1) is 15.8. The fraction of sp³-hybridized carbons (Fsp3) is 0.360. The number of amides is 1. The molecular weight excluding hydrogens is 444 g/mol. The van der Waals surface area contributed by atoms with Gasteiger partial charge in [-0.25, -0.2) is 0 Å². The van der Waals surface area contributed by atoms with E-state index in [1.807, 2.05) is 20.8 Å². The number of halogens is 1. The van der Waals surface area contributed by atoms with Gasteiger partial charge in [-0.1, -0.05) is 37.6 Å². The number of ether oxygens (including phenoxy) is 1. The highest BCUT2D eigenvalue weighted by atomic mass is 35.5. The van der Waals surface area contributed by atoms with Crippen LogP contribution in [0.4, 0.5) is 0 Å². The molecular formula is C25H29ClN2O5. The number of aromatic hydroxyl groups is 1. The molecule has 0 aliphatic carbocycles. The number of Topliss-reactive ketones (excluding diaryl/α,β-unsaturated/α-hetero) is 1. The topological polar surface area (TPSA) is 90.3 Å². The molecule has 8 heteroatoms. The number of likely N-dealkylation sites (N-methyl/N-ethyl adjacent to an activating group) is 1. The Hall–Kier alpha value is -3.03.